The number of carbonyl (C=O) groups is 2. The lowest BCUT2D eigenvalue weighted by molar-refractivity contribution is -0.122. The van der Waals surface area contributed by atoms with Crippen molar-refractivity contribution in [2.75, 3.05) is 16.8 Å². The predicted octanol–water partition coefficient (Wildman–Crippen LogP) is 3.77. The Morgan fingerprint density at radius 3 is 2.67 bits per heavy atom. The minimum atomic E-state index is -0.377. The Hall–Kier alpha value is -3.48. The van der Waals surface area contributed by atoms with Crippen molar-refractivity contribution in [2.45, 2.75) is 32.6 Å². The number of benzene rings is 2. The summed E-state index contributed by atoms with van der Waals surface area (Å²) >= 11 is 0. The van der Waals surface area contributed by atoms with E-state index in [-0.39, 0.29) is 24.2 Å². The van der Waals surface area contributed by atoms with Crippen LogP contribution in [0.4, 0.5) is 11.4 Å². The molecule has 7 heteroatoms. The molecular weight excluding hydrogens is 378 g/mol. The molecule has 0 bridgehead atoms. The van der Waals surface area contributed by atoms with E-state index >= 15 is 0 Å². The number of hydrogen-bond donors (Lipinski definition) is 1. The van der Waals surface area contributed by atoms with Gasteiger partial charge in [0.05, 0.1) is 11.6 Å². The maximum absolute atomic E-state index is 12.8. The molecule has 7 nitrogen and oxygen atoms in total. The first-order valence-corrected chi connectivity index (χ1v) is 10.2. The lowest BCUT2D eigenvalue weighted by Crippen LogP contribution is -2.29. The predicted molar refractivity (Wildman–Crippen MR) is 116 cm³/mol. The average molecular weight is 403 g/mol. The summed E-state index contributed by atoms with van der Waals surface area (Å²) in [6.45, 7) is 4.69. The Morgan fingerprint density at radius 2 is 1.97 bits per heavy atom. The third-order valence-electron chi connectivity index (χ3n) is 5.68. The fraction of sp³-hybridized carbons (Fsp3) is 0.304. The number of amides is 2. The van der Waals surface area contributed by atoms with Gasteiger partial charge in [-0.15, -0.1) is 0 Å². The largest absolute Gasteiger partial charge is 0.326 e. The molecule has 1 fully saturated rings. The number of aromatic nitrogens is 3. The summed E-state index contributed by atoms with van der Waals surface area (Å²) in [6.07, 6.45) is 4.30. The van der Waals surface area contributed by atoms with Gasteiger partial charge in [0.15, 0.2) is 0 Å². The number of carbonyl (C=O) groups excluding carboxylic acids is 2. The molecule has 0 spiro atoms. The molecule has 3 aromatic rings. The number of para-hydroxylation sites is 1. The van der Waals surface area contributed by atoms with Gasteiger partial charge in [-0.1, -0.05) is 32.0 Å². The molecule has 2 heterocycles. The fourth-order valence-electron chi connectivity index (χ4n) is 3.77. The van der Waals surface area contributed by atoms with Crippen LogP contribution in [-0.4, -0.2) is 33.1 Å². The van der Waals surface area contributed by atoms with E-state index in [0.717, 1.165) is 23.4 Å². The second kappa shape index (κ2) is 8.49. The van der Waals surface area contributed by atoms with E-state index in [9.17, 15) is 9.59 Å². The minimum absolute atomic E-state index is 0.00701. The van der Waals surface area contributed by atoms with Crippen LogP contribution in [0.3, 0.4) is 0 Å². The monoisotopic (exact) mass is 403 g/mol. The van der Waals surface area contributed by atoms with E-state index in [2.05, 4.69) is 35.3 Å². The molecule has 1 N–H and O–H groups in total. The molecule has 30 heavy (non-hydrogen) atoms. The van der Waals surface area contributed by atoms with Crippen LogP contribution in [0.15, 0.2) is 61.2 Å². The highest BCUT2D eigenvalue weighted by atomic mass is 16.2. The minimum Gasteiger partial charge on any atom is -0.326 e. The number of nitrogens with zero attached hydrogens (tertiary/aromatic N) is 4. The summed E-state index contributed by atoms with van der Waals surface area (Å²) in [4.78, 5) is 31.2. The number of rotatable bonds is 6. The summed E-state index contributed by atoms with van der Waals surface area (Å²) < 4.78 is 1.65. The van der Waals surface area contributed by atoms with Crippen molar-refractivity contribution in [3.63, 3.8) is 0 Å². The highest BCUT2D eigenvalue weighted by Gasteiger charge is 2.36. The molecule has 2 unspecified atom stereocenters. The molecule has 154 valence electrons. The number of hydrogen-bond acceptors (Lipinski definition) is 4. The van der Waals surface area contributed by atoms with Gasteiger partial charge in [0.2, 0.25) is 11.8 Å². The second-order valence-electron chi connectivity index (χ2n) is 7.65. The van der Waals surface area contributed by atoms with Crippen molar-refractivity contribution in [1.82, 2.24) is 14.8 Å². The SMILES string of the molecule is CCC(C)c1ccccc1N1CC(C(=O)Nc2ccc(-n3cncn3)cc2)CC1=O. The topological polar surface area (TPSA) is 80.1 Å². The molecule has 1 aromatic heterocycles. The molecule has 0 radical (unpaired) electrons. The van der Waals surface area contributed by atoms with Crippen LogP contribution < -0.4 is 10.2 Å². The lowest BCUT2D eigenvalue weighted by atomic mass is 9.96. The molecule has 2 aromatic carbocycles. The van der Waals surface area contributed by atoms with Crippen LogP contribution >= 0.6 is 0 Å². The highest BCUT2D eigenvalue weighted by molar-refractivity contribution is 6.03. The van der Waals surface area contributed by atoms with Gasteiger partial charge in [-0.05, 0) is 48.2 Å². The van der Waals surface area contributed by atoms with E-state index in [1.165, 1.54) is 6.33 Å². The van der Waals surface area contributed by atoms with Crippen molar-refractivity contribution in [3.05, 3.63) is 66.7 Å². The van der Waals surface area contributed by atoms with Crippen LogP contribution in [0.1, 0.15) is 38.2 Å². The van der Waals surface area contributed by atoms with Gasteiger partial charge < -0.3 is 10.2 Å². The zero-order valence-electron chi connectivity index (χ0n) is 17.2. The smallest absolute Gasteiger partial charge is 0.229 e. The lowest BCUT2D eigenvalue weighted by Gasteiger charge is -2.23. The van der Waals surface area contributed by atoms with E-state index in [4.69, 9.17) is 0 Å². The maximum Gasteiger partial charge on any atom is 0.229 e. The van der Waals surface area contributed by atoms with Crippen LogP contribution in [0.2, 0.25) is 0 Å². The molecule has 4 rings (SSSR count). The first kappa shape index (κ1) is 19.8. The van der Waals surface area contributed by atoms with Crippen LogP contribution in [-0.2, 0) is 9.59 Å². The van der Waals surface area contributed by atoms with Crippen molar-refractivity contribution in [1.29, 1.82) is 0 Å². The van der Waals surface area contributed by atoms with E-state index in [1.54, 1.807) is 15.9 Å². The zero-order valence-corrected chi connectivity index (χ0v) is 17.2. The van der Waals surface area contributed by atoms with E-state index < -0.39 is 0 Å². The van der Waals surface area contributed by atoms with Gasteiger partial charge >= 0.3 is 0 Å². The van der Waals surface area contributed by atoms with Crippen LogP contribution in [0, 0.1) is 5.92 Å². The summed E-state index contributed by atoms with van der Waals surface area (Å²) in [5, 5.41) is 7.02. The molecule has 1 saturated heterocycles. The Morgan fingerprint density at radius 1 is 1.20 bits per heavy atom. The summed E-state index contributed by atoms with van der Waals surface area (Å²) in [7, 11) is 0. The Labute approximate surface area is 175 Å². The van der Waals surface area contributed by atoms with Gasteiger partial charge in [-0.2, -0.15) is 5.10 Å². The Kier molecular flexibility index (Phi) is 5.61. The van der Waals surface area contributed by atoms with E-state index in [0.29, 0.717) is 18.2 Å². The molecule has 0 saturated carbocycles. The normalized spacial score (nSPS) is 17.2. The Balaban J connectivity index is 1.45. The number of nitrogens with one attached hydrogen (secondary N) is 1. The first-order valence-electron chi connectivity index (χ1n) is 10.2. The molecular formula is C23H25N5O2. The number of anilines is 2. The molecule has 1 aliphatic rings. The highest BCUT2D eigenvalue weighted by Crippen LogP contribution is 2.33. The summed E-state index contributed by atoms with van der Waals surface area (Å²) in [6, 6.07) is 15.3. The van der Waals surface area contributed by atoms with Gasteiger partial charge in [-0.3, -0.25) is 9.59 Å². The summed E-state index contributed by atoms with van der Waals surface area (Å²) in [5.74, 6) is -0.171. The van der Waals surface area contributed by atoms with Crippen molar-refractivity contribution in [2.24, 2.45) is 5.92 Å². The molecule has 1 aliphatic heterocycles. The third-order valence-corrected chi connectivity index (χ3v) is 5.68. The van der Waals surface area contributed by atoms with Gasteiger partial charge in [0.1, 0.15) is 12.7 Å². The van der Waals surface area contributed by atoms with E-state index in [1.807, 2.05) is 42.5 Å². The van der Waals surface area contributed by atoms with Gasteiger partial charge in [0, 0.05) is 24.3 Å². The standard InChI is InChI=1S/C23H25N5O2/c1-3-16(2)20-6-4-5-7-21(20)27-13-17(12-22(27)29)23(30)26-18-8-10-19(11-9-18)28-15-24-14-25-28/h4-11,14-17H,3,12-13H2,1-2H3,(H,26,30). The summed E-state index contributed by atoms with van der Waals surface area (Å²) in [5.41, 5.74) is 3.62. The van der Waals surface area contributed by atoms with Crippen LogP contribution in [0.25, 0.3) is 5.69 Å². The van der Waals surface area contributed by atoms with Gasteiger partial charge in [-0.25, -0.2) is 9.67 Å². The molecule has 2 atom stereocenters. The average Bonchev–Trinajstić information content (AvgIpc) is 3.44. The maximum atomic E-state index is 12.8. The third kappa shape index (κ3) is 3.96. The Bertz CT molecular complexity index is 1030. The van der Waals surface area contributed by atoms with Crippen molar-refractivity contribution >= 4 is 23.2 Å². The quantitative estimate of drug-likeness (QED) is 0.679. The van der Waals surface area contributed by atoms with Crippen molar-refractivity contribution in [3.8, 4) is 5.69 Å². The first-order chi connectivity index (χ1) is 14.6. The molecule has 0 aliphatic carbocycles. The zero-order chi connectivity index (χ0) is 21.1. The van der Waals surface area contributed by atoms with Crippen molar-refractivity contribution < 1.29 is 9.59 Å². The van der Waals surface area contributed by atoms with Crippen LogP contribution in [0.5, 0.6) is 0 Å². The van der Waals surface area contributed by atoms with Gasteiger partial charge in [0.25, 0.3) is 0 Å². The molecule has 2 amide bonds. The second-order valence-corrected chi connectivity index (χ2v) is 7.65. The fourth-order valence-corrected chi connectivity index (χ4v) is 3.77.